The molecule has 78 valence electrons. The van der Waals surface area contributed by atoms with Crippen LogP contribution in [0.4, 0.5) is 0 Å². The Morgan fingerprint density at radius 3 is 2.14 bits per heavy atom. The van der Waals surface area contributed by atoms with Gasteiger partial charge in [0, 0.05) is 13.7 Å². The topological polar surface area (TPSA) is 35.2 Å². The van der Waals surface area contributed by atoms with Gasteiger partial charge in [0.25, 0.3) is 0 Å². The van der Waals surface area contributed by atoms with Crippen LogP contribution in [0, 0.1) is 5.92 Å². The molecule has 0 bridgehead atoms. The quantitative estimate of drug-likeness (QED) is 0.797. The van der Waals surface area contributed by atoms with Crippen molar-refractivity contribution in [1.82, 2.24) is 0 Å². The number of methoxy groups -OCH3 is 1. The van der Waals surface area contributed by atoms with Crippen LogP contribution in [0.1, 0.15) is 31.1 Å². The highest BCUT2D eigenvalue weighted by Gasteiger charge is 2.13. The highest BCUT2D eigenvalue weighted by atomic mass is 16.5. The van der Waals surface area contributed by atoms with Gasteiger partial charge in [0.1, 0.15) is 0 Å². The van der Waals surface area contributed by atoms with Gasteiger partial charge in [-0.3, -0.25) is 0 Å². The molecule has 1 atom stereocenters. The van der Waals surface area contributed by atoms with Gasteiger partial charge in [0.2, 0.25) is 0 Å². The molecule has 0 unspecified atom stereocenters. The van der Waals surface area contributed by atoms with Crippen molar-refractivity contribution in [3.8, 4) is 0 Å². The lowest BCUT2D eigenvalue weighted by atomic mass is 9.98. The summed E-state index contributed by atoms with van der Waals surface area (Å²) in [6.45, 7) is 4.91. The molecular formula is C12H19NO. The third-order valence-electron chi connectivity index (χ3n) is 2.40. The molecule has 0 aliphatic carbocycles. The van der Waals surface area contributed by atoms with E-state index in [1.807, 2.05) is 0 Å². The Kier molecular flexibility index (Phi) is 4.11. The first kappa shape index (κ1) is 11.2. The fraction of sp³-hybridized carbons (Fsp3) is 0.500. The van der Waals surface area contributed by atoms with E-state index >= 15 is 0 Å². The summed E-state index contributed by atoms with van der Waals surface area (Å²) in [5.41, 5.74) is 7.92. The molecule has 2 nitrogen and oxygen atoms in total. The Labute approximate surface area is 86.1 Å². The van der Waals surface area contributed by atoms with Crippen molar-refractivity contribution in [3.63, 3.8) is 0 Å². The number of hydrogen-bond acceptors (Lipinski definition) is 2. The van der Waals surface area contributed by atoms with Crippen LogP contribution in [0.5, 0.6) is 0 Å². The Balaban J connectivity index is 2.84. The zero-order chi connectivity index (χ0) is 10.6. The Morgan fingerprint density at radius 1 is 1.21 bits per heavy atom. The monoisotopic (exact) mass is 193 g/mol. The first-order valence-electron chi connectivity index (χ1n) is 5.00. The standard InChI is InChI=1S/C12H19NO/c1-9(2)12(14-3)11-6-4-10(8-13)5-7-11/h4-7,9,12H,8,13H2,1-3H3/t12-/m0/s1. The number of rotatable bonds is 4. The molecule has 0 radical (unpaired) electrons. The Bertz CT molecular complexity index is 266. The fourth-order valence-electron chi connectivity index (χ4n) is 1.64. The van der Waals surface area contributed by atoms with E-state index in [0.29, 0.717) is 12.5 Å². The lowest BCUT2D eigenvalue weighted by molar-refractivity contribution is 0.0646. The Hall–Kier alpha value is -0.860. The largest absolute Gasteiger partial charge is 0.376 e. The molecule has 0 saturated carbocycles. The van der Waals surface area contributed by atoms with E-state index in [4.69, 9.17) is 10.5 Å². The molecule has 1 rings (SSSR count). The zero-order valence-corrected chi connectivity index (χ0v) is 9.16. The molecule has 0 aliphatic rings. The zero-order valence-electron chi connectivity index (χ0n) is 9.16. The molecule has 14 heavy (non-hydrogen) atoms. The second kappa shape index (κ2) is 5.13. The van der Waals surface area contributed by atoms with Crippen molar-refractivity contribution < 1.29 is 4.74 Å². The van der Waals surface area contributed by atoms with E-state index in [0.717, 1.165) is 5.56 Å². The van der Waals surface area contributed by atoms with Crippen molar-refractivity contribution >= 4 is 0 Å². The van der Waals surface area contributed by atoms with Gasteiger partial charge in [-0.15, -0.1) is 0 Å². The third-order valence-corrected chi connectivity index (χ3v) is 2.40. The molecule has 0 heterocycles. The second-order valence-electron chi connectivity index (χ2n) is 3.85. The summed E-state index contributed by atoms with van der Waals surface area (Å²) in [4.78, 5) is 0. The SMILES string of the molecule is CO[C@H](c1ccc(CN)cc1)C(C)C. The van der Waals surface area contributed by atoms with Crippen LogP contribution in [0.25, 0.3) is 0 Å². The van der Waals surface area contributed by atoms with E-state index in [-0.39, 0.29) is 6.10 Å². The van der Waals surface area contributed by atoms with Crippen LogP contribution >= 0.6 is 0 Å². The average Bonchev–Trinajstić information content (AvgIpc) is 2.19. The molecule has 0 amide bonds. The van der Waals surface area contributed by atoms with Crippen LogP contribution in [0.2, 0.25) is 0 Å². The second-order valence-corrected chi connectivity index (χ2v) is 3.85. The lowest BCUT2D eigenvalue weighted by Gasteiger charge is -2.19. The molecule has 1 aromatic rings. The first-order valence-corrected chi connectivity index (χ1v) is 5.00. The minimum Gasteiger partial charge on any atom is -0.376 e. The van der Waals surface area contributed by atoms with E-state index in [9.17, 15) is 0 Å². The Morgan fingerprint density at radius 2 is 1.79 bits per heavy atom. The lowest BCUT2D eigenvalue weighted by Crippen LogP contribution is -2.09. The molecular weight excluding hydrogens is 174 g/mol. The first-order chi connectivity index (χ1) is 6.69. The predicted molar refractivity (Wildman–Crippen MR) is 58.9 cm³/mol. The van der Waals surface area contributed by atoms with Gasteiger partial charge in [-0.1, -0.05) is 38.1 Å². The van der Waals surface area contributed by atoms with Gasteiger partial charge in [-0.05, 0) is 17.0 Å². The molecule has 2 N–H and O–H groups in total. The van der Waals surface area contributed by atoms with Crippen molar-refractivity contribution in [2.75, 3.05) is 7.11 Å². The van der Waals surface area contributed by atoms with Gasteiger partial charge < -0.3 is 10.5 Å². The molecule has 1 aromatic carbocycles. The minimum atomic E-state index is 0.182. The number of hydrogen-bond donors (Lipinski definition) is 1. The van der Waals surface area contributed by atoms with Crippen molar-refractivity contribution in [3.05, 3.63) is 35.4 Å². The molecule has 0 fully saturated rings. The fourth-order valence-corrected chi connectivity index (χ4v) is 1.64. The molecule has 0 aliphatic heterocycles. The van der Waals surface area contributed by atoms with Crippen LogP contribution in [0.15, 0.2) is 24.3 Å². The smallest absolute Gasteiger partial charge is 0.0844 e. The maximum atomic E-state index is 5.54. The molecule has 2 heteroatoms. The highest BCUT2D eigenvalue weighted by Crippen LogP contribution is 2.24. The normalized spacial score (nSPS) is 13.2. The summed E-state index contributed by atoms with van der Waals surface area (Å²) in [5, 5.41) is 0. The van der Waals surface area contributed by atoms with Crippen LogP contribution in [-0.2, 0) is 11.3 Å². The maximum Gasteiger partial charge on any atom is 0.0844 e. The van der Waals surface area contributed by atoms with E-state index < -0.39 is 0 Å². The molecule has 0 spiro atoms. The summed E-state index contributed by atoms with van der Waals surface area (Å²) in [5.74, 6) is 0.490. The van der Waals surface area contributed by atoms with Gasteiger partial charge in [-0.2, -0.15) is 0 Å². The number of benzene rings is 1. The van der Waals surface area contributed by atoms with Crippen LogP contribution in [-0.4, -0.2) is 7.11 Å². The summed E-state index contributed by atoms with van der Waals surface area (Å²) >= 11 is 0. The third kappa shape index (κ3) is 2.56. The molecule has 0 saturated heterocycles. The van der Waals surface area contributed by atoms with E-state index in [1.165, 1.54) is 5.56 Å². The van der Waals surface area contributed by atoms with Crippen molar-refractivity contribution in [1.29, 1.82) is 0 Å². The van der Waals surface area contributed by atoms with Crippen molar-refractivity contribution in [2.45, 2.75) is 26.5 Å². The highest BCUT2D eigenvalue weighted by molar-refractivity contribution is 5.24. The number of nitrogens with two attached hydrogens (primary N) is 1. The summed E-state index contributed by atoms with van der Waals surface area (Å²) in [7, 11) is 1.75. The van der Waals surface area contributed by atoms with Crippen LogP contribution in [0.3, 0.4) is 0 Å². The van der Waals surface area contributed by atoms with E-state index in [2.05, 4.69) is 38.1 Å². The summed E-state index contributed by atoms with van der Waals surface area (Å²) < 4.78 is 5.44. The summed E-state index contributed by atoms with van der Waals surface area (Å²) in [6, 6.07) is 8.31. The summed E-state index contributed by atoms with van der Waals surface area (Å²) in [6.07, 6.45) is 0.182. The predicted octanol–water partition coefficient (Wildman–Crippen LogP) is 2.49. The average molecular weight is 193 g/mol. The number of ether oxygens (including phenoxy) is 1. The van der Waals surface area contributed by atoms with Gasteiger partial charge in [0.15, 0.2) is 0 Å². The van der Waals surface area contributed by atoms with Gasteiger partial charge >= 0.3 is 0 Å². The van der Waals surface area contributed by atoms with Crippen molar-refractivity contribution in [2.24, 2.45) is 11.7 Å². The van der Waals surface area contributed by atoms with Crippen LogP contribution < -0.4 is 5.73 Å². The van der Waals surface area contributed by atoms with Gasteiger partial charge in [-0.25, -0.2) is 0 Å². The molecule has 0 aromatic heterocycles. The van der Waals surface area contributed by atoms with E-state index in [1.54, 1.807) is 7.11 Å². The minimum absolute atomic E-state index is 0.182. The van der Waals surface area contributed by atoms with Gasteiger partial charge in [0.05, 0.1) is 6.10 Å². The maximum absolute atomic E-state index is 5.54.